The molecule has 0 fully saturated rings. The zero-order chi connectivity index (χ0) is 15.8. The number of aryl methyl sites for hydroxylation is 1. The van der Waals surface area contributed by atoms with Crippen LogP contribution in [0.4, 0.5) is 0 Å². The second-order valence-corrected chi connectivity index (χ2v) is 6.51. The highest BCUT2D eigenvalue weighted by Gasteiger charge is 2.35. The van der Waals surface area contributed by atoms with Crippen molar-refractivity contribution in [3.8, 4) is 0 Å². The number of carbonyl (C=O) groups is 1. The first kappa shape index (κ1) is 14.3. The van der Waals surface area contributed by atoms with Crippen molar-refractivity contribution in [2.75, 3.05) is 6.54 Å². The van der Waals surface area contributed by atoms with E-state index in [1.54, 1.807) is 0 Å². The van der Waals surface area contributed by atoms with Gasteiger partial charge in [0.05, 0.1) is 6.04 Å². The normalized spacial score (nSPS) is 18.5. The molecule has 2 aliphatic rings. The van der Waals surface area contributed by atoms with Crippen LogP contribution in [0.25, 0.3) is 5.57 Å². The van der Waals surface area contributed by atoms with Gasteiger partial charge in [-0.2, -0.15) is 0 Å². The minimum absolute atomic E-state index is 0.114. The Hall–Kier alpha value is -2.35. The molecular formula is C21H21NO. The molecule has 116 valence electrons. The minimum Gasteiger partial charge on any atom is -0.328 e. The van der Waals surface area contributed by atoms with Gasteiger partial charge in [-0.3, -0.25) is 4.79 Å². The van der Waals surface area contributed by atoms with Crippen molar-refractivity contribution in [2.45, 2.75) is 32.2 Å². The number of hydrogen-bond acceptors (Lipinski definition) is 1. The Bertz CT molecular complexity index is 775. The van der Waals surface area contributed by atoms with Gasteiger partial charge in [-0.1, -0.05) is 54.6 Å². The number of nitrogens with zero attached hydrogens (tertiary/aromatic N) is 1. The van der Waals surface area contributed by atoms with Gasteiger partial charge in [0.15, 0.2) is 0 Å². The molecule has 0 saturated carbocycles. The second kappa shape index (κ2) is 5.69. The zero-order valence-corrected chi connectivity index (χ0v) is 13.5. The topological polar surface area (TPSA) is 20.3 Å². The molecule has 4 rings (SSSR count). The summed E-state index contributed by atoms with van der Waals surface area (Å²) >= 11 is 0. The Morgan fingerprint density at radius 1 is 0.957 bits per heavy atom. The molecular weight excluding hydrogens is 282 g/mol. The fourth-order valence-electron chi connectivity index (χ4n) is 3.86. The van der Waals surface area contributed by atoms with Crippen molar-refractivity contribution in [3.05, 3.63) is 76.9 Å². The van der Waals surface area contributed by atoms with Gasteiger partial charge in [0, 0.05) is 12.1 Å². The lowest BCUT2D eigenvalue weighted by Gasteiger charge is -2.26. The van der Waals surface area contributed by atoms with Crippen molar-refractivity contribution in [2.24, 2.45) is 0 Å². The average molecular weight is 303 g/mol. The van der Waals surface area contributed by atoms with Gasteiger partial charge < -0.3 is 4.90 Å². The van der Waals surface area contributed by atoms with E-state index in [9.17, 15) is 4.79 Å². The van der Waals surface area contributed by atoms with E-state index in [-0.39, 0.29) is 11.9 Å². The molecule has 0 N–H and O–H groups in total. The summed E-state index contributed by atoms with van der Waals surface area (Å²) < 4.78 is 0. The fraction of sp³-hybridized carbons (Fsp3) is 0.286. The Morgan fingerprint density at radius 2 is 1.70 bits per heavy atom. The van der Waals surface area contributed by atoms with E-state index in [1.165, 1.54) is 16.7 Å². The quantitative estimate of drug-likeness (QED) is 0.806. The van der Waals surface area contributed by atoms with Crippen LogP contribution in [0.5, 0.6) is 0 Å². The number of hydrogen-bond donors (Lipinski definition) is 0. The Kier molecular flexibility index (Phi) is 3.53. The van der Waals surface area contributed by atoms with Crippen LogP contribution in [0, 0.1) is 0 Å². The smallest absolute Gasteiger partial charge is 0.255 e. The first-order chi connectivity index (χ1) is 11.3. The molecule has 1 atom stereocenters. The molecule has 0 unspecified atom stereocenters. The van der Waals surface area contributed by atoms with Crippen molar-refractivity contribution in [1.29, 1.82) is 0 Å². The fourth-order valence-corrected chi connectivity index (χ4v) is 3.86. The molecule has 23 heavy (non-hydrogen) atoms. The van der Waals surface area contributed by atoms with Crippen molar-refractivity contribution < 1.29 is 4.79 Å². The zero-order valence-electron chi connectivity index (χ0n) is 13.5. The average Bonchev–Trinajstić information content (AvgIpc) is 2.80. The molecule has 0 spiro atoms. The van der Waals surface area contributed by atoms with Crippen LogP contribution < -0.4 is 0 Å². The number of fused-ring (bicyclic) bond motifs is 2. The SMILES string of the molecule is C[C@@H](c1ccccc1)N1CC2=C(C1=O)c1ccccc1CCC2. The highest BCUT2D eigenvalue weighted by Crippen LogP contribution is 2.39. The Labute approximate surface area is 137 Å². The Morgan fingerprint density at radius 3 is 2.52 bits per heavy atom. The molecule has 2 heteroatoms. The third-order valence-electron chi connectivity index (χ3n) is 5.15. The molecule has 2 nitrogen and oxygen atoms in total. The Balaban J connectivity index is 1.70. The maximum absolute atomic E-state index is 13.1. The molecule has 1 amide bonds. The van der Waals surface area contributed by atoms with Gasteiger partial charge >= 0.3 is 0 Å². The van der Waals surface area contributed by atoms with Crippen molar-refractivity contribution >= 4 is 11.5 Å². The lowest BCUT2D eigenvalue weighted by molar-refractivity contribution is -0.125. The van der Waals surface area contributed by atoms with Crippen LogP contribution in [-0.4, -0.2) is 17.4 Å². The summed E-state index contributed by atoms with van der Waals surface area (Å²) in [6, 6.07) is 18.8. The third-order valence-corrected chi connectivity index (χ3v) is 5.15. The predicted octanol–water partition coefficient (Wildman–Crippen LogP) is 4.38. The molecule has 0 bridgehead atoms. The van der Waals surface area contributed by atoms with Gasteiger partial charge in [0.2, 0.25) is 0 Å². The van der Waals surface area contributed by atoms with E-state index in [4.69, 9.17) is 0 Å². The summed E-state index contributed by atoms with van der Waals surface area (Å²) in [4.78, 5) is 15.2. The van der Waals surface area contributed by atoms with Crippen molar-refractivity contribution in [3.63, 3.8) is 0 Å². The summed E-state index contributed by atoms with van der Waals surface area (Å²) in [5.41, 5.74) is 5.98. The summed E-state index contributed by atoms with van der Waals surface area (Å²) in [6.45, 7) is 2.91. The number of rotatable bonds is 2. The minimum atomic E-state index is 0.114. The van der Waals surface area contributed by atoms with Crippen LogP contribution in [0.15, 0.2) is 60.2 Å². The molecule has 0 radical (unpaired) electrons. The molecule has 2 aromatic carbocycles. The van der Waals surface area contributed by atoms with E-state index >= 15 is 0 Å². The molecule has 0 aromatic heterocycles. The summed E-state index contributed by atoms with van der Waals surface area (Å²) in [6.07, 6.45) is 3.25. The number of amides is 1. The maximum Gasteiger partial charge on any atom is 0.255 e. The van der Waals surface area contributed by atoms with Crippen LogP contribution in [0.1, 0.15) is 42.5 Å². The monoisotopic (exact) mass is 303 g/mol. The van der Waals surface area contributed by atoms with E-state index in [2.05, 4.69) is 37.3 Å². The first-order valence-electron chi connectivity index (χ1n) is 8.42. The summed E-state index contributed by atoms with van der Waals surface area (Å²) in [5, 5.41) is 0. The number of carbonyl (C=O) groups excluding carboxylic acids is 1. The molecule has 2 aromatic rings. The van der Waals surface area contributed by atoms with Gasteiger partial charge in [0.1, 0.15) is 0 Å². The van der Waals surface area contributed by atoms with E-state index in [0.717, 1.165) is 36.9 Å². The van der Waals surface area contributed by atoms with Crippen LogP contribution >= 0.6 is 0 Å². The van der Waals surface area contributed by atoms with E-state index in [0.29, 0.717) is 0 Å². The van der Waals surface area contributed by atoms with Gasteiger partial charge in [-0.05, 0) is 48.4 Å². The lowest BCUT2D eigenvalue weighted by Crippen LogP contribution is -2.30. The largest absolute Gasteiger partial charge is 0.328 e. The molecule has 1 aliphatic carbocycles. The van der Waals surface area contributed by atoms with Gasteiger partial charge in [-0.25, -0.2) is 0 Å². The van der Waals surface area contributed by atoms with Gasteiger partial charge in [0.25, 0.3) is 5.91 Å². The van der Waals surface area contributed by atoms with E-state index < -0.39 is 0 Å². The predicted molar refractivity (Wildman–Crippen MR) is 92.9 cm³/mol. The first-order valence-corrected chi connectivity index (χ1v) is 8.42. The lowest BCUT2D eigenvalue weighted by atomic mass is 9.98. The summed E-state index contributed by atoms with van der Waals surface area (Å²) in [7, 11) is 0. The third kappa shape index (κ3) is 2.39. The van der Waals surface area contributed by atoms with Crippen LogP contribution in [0.2, 0.25) is 0 Å². The van der Waals surface area contributed by atoms with E-state index in [1.807, 2.05) is 29.2 Å². The molecule has 1 aliphatic heterocycles. The van der Waals surface area contributed by atoms with Gasteiger partial charge in [-0.15, -0.1) is 0 Å². The molecule has 1 heterocycles. The van der Waals surface area contributed by atoms with Crippen LogP contribution in [-0.2, 0) is 11.2 Å². The van der Waals surface area contributed by atoms with Crippen LogP contribution in [0.3, 0.4) is 0 Å². The standard InChI is InChI=1S/C21H21NO/c1-15(16-8-3-2-4-9-16)22-14-18-12-7-11-17-10-5-6-13-19(17)20(18)21(22)23/h2-6,8-10,13,15H,7,11-12,14H2,1H3/t15-/m0/s1. The number of benzene rings is 2. The highest BCUT2D eigenvalue weighted by atomic mass is 16.2. The summed E-state index contributed by atoms with van der Waals surface area (Å²) in [5.74, 6) is 0.200. The van der Waals surface area contributed by atoms with Crippen molar-refractivity contribution in [1.82, 2.24) is 4.90 Å². The molecule has 0 saturated heterocycles. The second-order valence-electron chi connectivity index (χ2n) is 6.51. The highest BCUT2D eigenvalue weighted by molar-refractivity contribution is 6.23. The maximum atomic E-state index is 13.1.